The summed E-state index contributed by atoms with van der Waals surface area (Å²) in [5.74, 6) is 0. The molecule has 0 bridgehead atoms. The second-order valence-electron chi connectivity index (χ2n) is 3.36. The summed E-state index contributed by atoms with van der Waals surface area (Å²) in [4.78, 5) is 7.75. The summed E-state index contributed by atoms with van der Waals surface area (Å²) < 4.78 is 22.6. The molecule has 82 valence electrons. The van der Waals surface area contributed by atoms with Gasteiger partial charge >= 0.3 is 0 Å². The van der Waals surface area contributed by atoms with Crippen LogP contribution in [0.25, 0.3) is 11.3 Å². The lowest BCUT2D eigenvalue weighted by atomic mass is 10.1. The lowest BCUT2D eigenvalue weighted by Crippen LogP contribution is -2.04. The average molecular weight is 234 g/mol. The Kier molecular flexibility index (Phi) is 2.70. The number of rotatable bonds is 2. The van der Waals surface area contributed by atoms with Crippen LogP contribution in [-0.4, -0.2) is 24.6 Å². The van der Waals surface area contributed by atoms with Crippen molar-refractivity contribution in [3.8, 4) is 11.3 Å². The van der Waals surface area contributed by atoms with Crippen LogP contribution in [0.4, 0.5) is 0 Å². The van der Waals surface area contributed by atoms with Gasteiger partial charge in [0, 0.05) is 18.0 Å². The van der Waals surface area contributed by atoms with E-state index in [-0.39, 0.29) is 5.16 Å². The van der Waals surface area contributed by atoms with Gasteiger partial charge in [0.1, 0.15) is 0 Å². The molecule has 5 heteroatoms. The molecule has 0 aliphatic carbocycles. The quantitative estimate of drug-likeness (QED) is 0.740. The van der Waals surface area contributed by atoms with Gasteiger partial charge in [0.05, 0.1) is 5.69 Å². The standard InChI is InChI=1S/C11H10N2O2S/c1-16(14,15)11-12-8-7-10(13-11)9-5-3-2-4-6-9/h2-8H,1H3. The molecule has 1 aromatic heterocycles. The van der Waals surface area contributed by atoms with E-state index in [0.717, 1.165) is 11.8 Å². The normalized spacial score (nSPS) is 11.3. The number of hydrogen-bond acceptors (Lipinski definition) is 4. The van der Waals surface area contributed by atoms with Crippen LogP contribution in [0.15, 0.2) is 47.8 Å². The Hall–Kier alpha value is -1.75. The highest BCUT2D eigenvalue weighted by Gasteiger charge is 2.11. The Morgan fingerprint density at radius 1 is 1.06 bits per heavy atom. The van der Waals surface area contributed by atoms with Gasteiger partial charge in [0.15, 0.2) is 0 Å². The lowest BCUT2D eigenvalue weighted by molar-refractivity contribution is 0.593. The van der Waals surface area contributed by atoms with Crippen LogP contribution < -0.4 is 0 Å². The lowest BCUT2D eigenvalue weighted by Gasteiger charge is -2.01. The van der Waals surface area contributed by atoms with E-state index in [4.69, 9.17) is 0 Å². The minimum Gasteiger partial charge on any atom is -0.227 e. The zero-order chi connectivity index (χ0) is 11.6. The highest BCUT2D eigenvalue weighted by molar-refractivity contribution is 7.90. The predicted molar refractivity (Wildman–Crippen MR) is 60.6 cm³/mol. The molecule has 16 heavy (non-hydrogen) atoms. The minimum absolute atomic E-state index is 0.145. The van der Waals surface area contributed by atoms with Crippen molar-refractivity contribution in [2.24, 2.45) is 0 Å². The fraction of sp³-hybridized carbons (Fsp3) is 0.0909. The van der Waals surface area contributed by atoms with Crippen molar-refractivity contribution in [3.05, 3.63) is 42.6 Å². The van der Waals surface area contributed by atoms with E-state index in [1.54, 1.807) is 6.07 Å². The first kappa shape index (κ1) is 10.8. The Balaban J connectivity index is 2.53. The summed E-state index contributed by atoms with van der Waals surface area (Å²) in [5.41, 5.74) is 1.48. The molecule has 0 radical (unpaired) electrons. The van der Waals surface area contributed by atoms with Crippen molar-refractivity contribution in [1.29, 1.82) is 0 Å². The molecule has 0 saturated heterocycles. The Labute approximate surface area is 93.9 Å². The number of hydrogen-bond donors (Lipinski definition) is 0. The summed E-state index contributed by atoms with van der Waals surface area (Å²) in [6, 6.07) is 11.1. The summed E-state index contributed by atoms with van der Waals surface area (Å²) in [7, 11) is -3.36. The first-order valence-electron chi connectivity index (χ1n) is 4.66. The monoisotopic (exact) mass is 234 g/mol. The Morgan fingerprint density at radius 2 is 1.75 bits per heavy atom. The predicted octanol–water partition coefficient (Wildman–Crippen LogP) is 1.55. The Bertz CT molecular complexity index is 594. The average Bonchev–Trinajstić information content (AvgIpc) is 2.29. The highest BCUT2D eigenvalue weighted by Crippen LogP contribution is 2.16. The number of aromatic nitrogens is 2. The number of nitrogens with zero attached hydrogens (tertiary/aromatic N) is 2. The van der Waals surface area contributed by atoms with Gasteiger partial charge in [-0.05, 0) is 6.07 Å². The molecule has 0 aliphatic heterocycles. The van der Waals surface area contributed by atoms with Crippen molar-refractivity contribution in [3.63, 3.8) is 0 Å². The van der Waals surface area contributed by atoms with Gasteiger partial charge in [-0.15, -0.1) is 0 Å². The smallest absolute Gasteiger partial charge is 0.227 e. The largest absolute Gasteiger partial charge is 0.247 e. The van der Waals surface area contributed by atoms with E-state index in [0.29, 0.717) is 5.69 Å². The van der Waals surface area contributed by atoms with Crippen LogP contribution in [0, 0.1) is 0 Å². The van der Waals surface area contributed by atoms with Crippen LogP contribution in [0.1, 0.15) is 0 Å². The van der Waals surface area contributed by atoms with Gasteiger partial charge in [-0.3, -0.25) is 0 Å². The maximum atomic E-state index is 11.3. The van der Waals surface area contributed by atoms with Crippen LogP contribution in [0.2, 0.25) is 0 Å². The molecule has 4 nitrogen and oxygen atoms in total. The van der Waals surface area contributed by atoms with Crippen molar-refractivity contribution in [1.82, 2.24) is 9.97 Å². The van der Waals surface area contributed by atoms with E-state index >= 15 is 0 Å². The van der Waals surface area contributed by atoms with Crippen LogP contribution in [0.5, 0.6) is 0 Å². The number of benzene rings is 1. The first-order chi connectivity index (χ1) is 7.57. The van der Waals surface area contributed by atoms with E-state index < -0.39 is 9.84 Å². The van der Waals surface area contributed by atoms with Crippen LogP contribution in [-0.2, 0) is 9.84 Å². The molecular formula is C11H10N2O2S. The van der Waals surface area contributed by atoms with Gasteiger partial charge in [-0.1, -0.05) is 30.3 Å². The third-order valence-electron chi connectivity index (χ3n) is 2.03. The van der Waals surface area contributed by atoms with E-state index in [1.807, 2.05) is 30.3 Å². The molecule has 2 rings (SSSR count). The zero-order valence-electron chi connectivity index (χ0n) is 8.66. The molecular weight excluding hydrogens is 224 g/mol. The summed E-state index contributed by atoms with van der Waals surface area (Å²) in [6.07, 6.45) is 2.54. The molecule has 0 spiro atoms. The molecule has 0 saturated carbocycles. The molecule has 1 aromatic carbocycles. The maximum Gasteiger partial charge on any atom is 0.247 e. The molecule has 1 heterocycles. The molecule has 0 aliphatic rings. The molecule has 0 atom stereocenters. The SMILES string of the molecule is CS(=O)(=O)c1nccc(-c2ccccc2)n1. The second-order valence-corrected chi connectivity index (χ2v) is 5.27. The molecule has 0 fully saturated rings. The minimum atomic E-state index is -3.36. The second kappa shape index (κ2) is 4.02. The Morgan fingerprint density at radius 3 is 2.38 bits per heavy atom. The zero-order valence-corrected chi connectivity index (χ0v) is 9.48. The van der Waals surface area contributed by atoms with E-state index in [2.05, 4.69) is 9.97 Å². The molecule has 2 aromatic rings. The number of sulfone groups is 1. The summed E-state index contributed by atoms with van der Waals surface area (Å²) >= 11 is 0. The van der Waals surface area contributed by atoms with Crippen molar-refractivity contribution < 1.29 is 8.42 Å². The third kappa shape index (κ3) is 2.25. The van der Waals surface area contributed by atoms with E-state index in [9.17, 15) is 8.42 Å². The maximum absolute atomic E-state index is 11.3. The van der Waals surface area contributed by atoms with Gasteiger partial charge in [0.2, 0.25) is 15.0 Å². The van der Waals surface area contributed by atoms with Crippen LogP contribution >= 0.6 is 0 Å². The van der Waals surface area contributed by atoms with Gasteiger partial charge in [-0.25, -0.2) is 18.4 Å². The fourth-order valence-corrected chi connectivity index (χ4v) is 1.81. The van der Waals surface area contributed by atoms with Gasteiger partial charge < -0.3 is 0 Å². The summed E-state index contributed by atoms with van der Waals surface area (Å²) in [6.45, 7) is 0. The van der Waals surface area contributed by atoms with E-state index in [1.165, 1.54) is 6.20 Å². The molecule has 0 N–H and O–H groups in total. The van der Waals surface area contributed by atoms with Gasteiger partial charge in [-0.2, -0.15) is 0 Å². The van der Waals surface area contributed by atoms with Crippen molar-refractivity contribution >= 4 is 9.84 Å². The highest BCUT2D eigenvalue weighted by atomic mass is 32.2. The van der Waals surface area contributed by atoms with Crippen molar-refractivity contribution in [2.75, 3.05) is 6.26 Å². The molecule has 0 amide bonds. The summed E-state index contributed by atoms with van der Waals surface area (Å²) in [5, 5.41) is -0.145. The molecule has 0 unspecified atom stereocenters. The van der Waals surface area contributed by atoms with Crippen LogP contribution in [0.3, 0.4) is 0 Å². The fourth-order valence-electron chi connectivity index (χ4n) is 1.29. The van der Waals surface area contributed by atoms with Gasteiger partial charge in [0.25, 0.3) is 0 Å². The topological polar surface area (TPSA) is 59.9 Å². The first-order valence-corrected chi connectivity index (χ1v) is 6.55. The van der Waals surface area contributed by atoms with Crippen molar-refractivity contribution in [2.45, 2.75) is 5.16 Å². The third-order valence-corrected chi connectivity index (χ3v) is 2.89.